The van der Waals surface area contributed by atoms with Crippen molar-refractivity contribution < 1.29 is 0 Å². The third-order valence-electron chi connectivity index (χ3n) is 3.76. The third-order valence-corrected chi connectivity index (χ3v) is 4.50. The van der Waals surface area contributed by atoms with Gasteiger partial charge in [-0.1, -0.05) is 45.4 Å². The lowest BCUT2D eigenvalue weighted by atomic mass is 10.2. The summed E-state index contributed by atoms with van der Waals surface area (Å²) in [6, 6.07) is 10.2. The van der Waals surface area contributed by atoms with Crippen LogP contribution in [0.25, 0.3) is 10.9 Å². The van der Waals surface area contributed by atoms with Gasteiger partial charge in [0.15, 0.2) is 0 Å². The van der Waals surface area contributed by atoms with Crippen molar-refractivity contribution in [3.05, 3.63) is 58.7 Å². The van der Waals surface area contributed by atoms with Crippen LogP contribution in [0.3, 0.4) is 0 Å². The molecule has 0 aliphatic carbocycles. The van der Waals surface area contributed by atoms with Crippen molar-refractivity contribution in [1.29, 1.82) is 0 Å². The topological polar surface area (TPSA) is 41.0 Å². The number of benzene rings is 1. The minimum atomic E-state index is 0.765. The number of nitrogens with one attached hydrogen (secondary N) is 1. The second kappa shape index (κ2) is 14.3. The van der Waals surface area contributed by atoms with E-state index in [1.165, 1.54) is 18.4 Å². The Morgan fingerprint density at radius 2 is 1.89 bits per heavy atom. The average Bonchev–Trinajstić information content (AvgIpc) is 3.21. The van der Waals surface area contributed by atoms with Crippen molar-refractivity contribution in [2.24, 2.45) is 0 Å². The second-order valence-electron chi connectivity index (χ2n) is 6.11. The van der Waals surface area contributed by atoms with Gasteiger partial charge in [0, 0.05) is 18.1 Å². The van der Waals surface area contributed by atoms with Crippen LogP contribution in [0.5, 0.6) is 0 Å². The number of hydrogen-bond acceptors (Lipinski definition) is 5. The Labute approximate surface area is 168 Å². The Kier molecular flexibility index (Phi) is 12.3. The largest absolute Gasteiger partial charge is 0.320 e. The number of aromatic nitrogens is 2. The van der Waals surface area contributed by atoms with E-state index in [1.54, 1.807) is 11.3 Å². The first-order valence-corrected chi connectivity index (χ1v) is 10.7. The van der Waals surface area contributed by atoms with Crippen molar-refractivity contribution in [1.82, 2.24) is 20.2 Å². The molecule has 0 fully saturated rings. The van der Waals surface area contributed by atoms with Crippen molar-refractivity contribution in [2.75, 3.05) is 20.6 Å². The molecular weight excluding hydrogens is 352 g/mol. The molecule has 0 radical (unpaired) electrons. The number of thiophene rings is 1. The second-order valence-corrected chi connectivity index (χ2v) is 6.89. The minimum Gasteiger partial charge on any atom is -0.320 e. The molecule has 0 spiro atoms. The lowest BCUT2D eigenvalue weighted by molar-refractivity contribution is 0.311. The molecule has 1 N–H and O–H groups in total. The lowest BCUT2D eigenvalue weighted by Gasteiger charge is -2.14. The van der Waals surface area contributed by atoms with Crippen LogP contribution in [0.4, 0.5) is 0 Å². The molecule has 0 bridgehead atoms. The molecule has 5 heteroatoms. The highest BCUT2D eigenvalue weighted by molar-refractivity contribution is 7.07. The van der Waals surface area contributed by atoms with Gasteiger partial charge in [0.2, 0.25) is 0 Å². The minimum absolute atomic E-state index is 0.765. The molecule has 2 aromatic heterocycles. The first kappa shape index (κ1) is 23.2. The zero-order valence-corrected chi connectivity index (χ0v) is 18.2. The van der Waals surface area contributed by atoms with Crippen LogP contribution in [-0.2, 0) is 13.1 Å². The van der Waals surface area contributed by atoms with E-state index in [2.05, 4.69) is 51.0 Å². The fraction of sp³-hybridized carbons (Fsp3) is 0.455. The molecule has 0 saturated carbocycles. The van der Waals surface area contributed by atoms with Gasteiger partial charge in [-0.2, -0.15) is 11.3 Å². The highest BCUT2D eigenvalue weighted by atomic mass is 32.1. The summed E-state index contributed by atoms with van der Waals surface area (Å²) < 4.78 is 0. The van der Waals surface area contributed by atoms with Crippen molar-refractivity contribution >= 4 is 22.2 Å². The Morgan fingerprint density at radius 3 is 2.52 bits per heavy atom. The quantitative estimate of drug-likeness (QED) is 0.555. The molecule has 0 aliphatic heterocycles. The number of fused-ring (bicyclic) bond motifs is 1. The maximum absolute atomic E-state index is 4.59. The lowest BCUT2D eigenvalue weighted by Crippen LogP contribution is -2.18. The molecule has 0 saturated heterocycles. The van der Waals surface area contributed by atoms with Crippen LogP contribution in [-0.4, -0.2) is 35.5 Å². The van der Waals surface area contributed by atoms with E-state index in [0.29, 0.717) is 0 Å². The summed E-state index contributed by atoms with van der Waals surface area (Å²) in [5.74, 6) is 0.872. The van der Waals surface area contributed by atoms with Crippen molar-refractivity contribution in [3.63, 3.8) is 0 Å². The number of para-hydroxylation sites is 1. The number of rotatable bonds is 7. The predicted molar refractivity (Wildman–Crippen MR) is 119 cm³/mol. The number of unbranched alkanes of at least 4 members (excludes halogenated alkanes) is 1. The summed E-state index contributed by atoms with van der Waals surface area (Å²) in [6.45, 7) is 9.05. The van der Waals surface area contributed by atoms with Gasteiger partial charge in [-0.15, -0.1) is 0 Å². The summed E-state index contributed by atoms with van der Waals surface area (Å²) in [7, 11) is 4.08. The molecular formula is C22H34N4S. The summed E-state index contributed by atoms with van der Waals surface area (Å²) in [5.41, 5.74) is 2.35. The average molecular weight is 387 g/mol. The Bertz CT molecular complexity index is 724. The molecule has 3 rings (SSSR count). The molecule has 2 heterocycles. The van der Waals surface area contributed by atoms with E-state index in [4.69, 9.17) is 0 Å². The molecule has 3 aromatic rings. The monoisotopic (exact) mass is 386 g/mol. The van der Waals surface area contributed by atoms with Gasteiger partial charge >= 0.3 is 0 Å². The number of nitrogens with zero attached hydrogens (tertiary/aromatic N) is 3. The van der Waals surface area contributed by atoms with E-state index in [-0.39, 0.29) is 0 Å². The van der Waals surface area contributed by atoms with E-state index < -0.39 is 0 Å². The van der Waals surface area contributed by atoms with E-state index in [0.717, 1.165) is 36.4 Å². The van der Waals surface area contributed by atoms with Crippen LogP contribution >= 0.6 is 11.3 Å². The third kappa shape index (κ3) is 9.09. The van der Waals surface area contributed by atoms with E-state index in [1.807, 2.05) is 51.4 Å². The Balaban J connectivity index is 0.000000392. The van der Waals surface area contributed by atoms with E-state index in [9.17, 15) is 0 Å². The van der Waals surface area contributed by atoms with Gasteiger partial charge < -0.3 is 5.32 Å². The standard InChI is InChI=1S/C15H15N3S.C5H13N.C2H6/c1-18(9-12-6-7-19-11-12)10-15-16-8-13-4-2-3-5-14(13)17-15;1-3-4-5-6-2;1-2/h2-8,11H,9-10H2,1H3;6H,3-5H2,1-2H3;1-2H3. The van der Waals surface area contributed by atoms with Crippen LogP contribution in [0, 0.1) is 0 Å². The van der Waals surface area contributed by atoms with Crippen molar-refractivity contribution in [2.45, 2.75) is 46.7 Å². The SMILES string of the molecule is CC.CCCCNC.CN(Cc1ccsc1)Cc1ncc2ccccc2n1. The normalized spacial score (nSPS) is 10.1. The molecule has 1 aromatic carbocycles. The van der Waals surface area contributed by atoms with Gasteiger partial charge in [-0.25, -0.2) is 9.97 Å². The number of hydrogen-bond donors (Lipinski definition) is 1. The maximum atomic E-state index is 4.59. The van der Waals surface area contributed by atoms with Crippen molar-refractivity contribution in [3.8, 4) is 0 Å². The first-order chi connectivity index (χ1) is 13.2. The molecule has 4 nitrogen and oxygen atoms in total. The van der Waals surface area contributed by atoms with Gasteiger partial charge in [0.1, 0.15) is 5.82 Å². The molecule has 0 atom stereocenters. The van der Waals surface area contributed by atoms with Gasteiger partial charge in [0.05, 0.1) is 12.1 Å². The first-order valence-electron chi connectivity index (χ1n) is 9.77. The highest BCUT2D eigenvalue weighted by Gasteiger charge is 2.05. The maximum Gasteiger partial charge on any atom is 0.142 e. The van der Waals surface area contributed by atoms with E-state index >= 15 is 0 Å². The Morgan fingerprint density at radius 1 is 1.11 bits per heavy atom. The van der Waals surface area contributed by atoms with Crippen LogP contribution in [0.1, 0.15) is 45.0 Å². The summed E-state index contributed by atoms with van der Waals surface area (Å²) in [5, 5.41) is 8.44. The molecule has 0 amide bonds. The summed E-state index contributed by atoms with van der Waals surface area (Å²) in [6.07, 6.45) is 4.49. The van der Waals surface area contributed by atoms with Gasteiger partial charge in [-0.3, -0.25) is 4.90 Å². The smallest absolute Gasteiger partial charge is 0.142 e. The zero-order valence-electron chi connectivity index (χ0n) is 17.4. The fourth-order valence-electron chi connectivity index (χ4n) is 2.43. The summed E-state index contributed by atoms with van der Waals surface area (Å²) >= 11 is 1.73. The molecule has 148 valence electrons. The van der Waals surface area contributed by atoms with Crippen LogP contribution < -0.4 is 5.32 Å². The fourth-order valence-corrected chi connectivity index (χ4v) is 3.09. The molecule has 27 heavy (non-hydrogen) atoms. The highest BCUT2D eigenvalue weighted by Crippen LogP contribution is 2.12. The Hall–Kier alpha value is -1.82. The van der Waals surface area contributed by atoms with Crippen LogP contribution in [0.15, 0.2) is 47.3 Å². The van der Waals surface area contributed by atoms with Crippen LogP contribution in [0.2, 0.25) is 0 Å². The summed E-state index contributed by atoms with van der Waals surface area (Å²) in [4.78, 5) is 11.2. The predicted octanol–water partition coefficient (Wildman–Crippen LogP) is 5.36. The van der Waals surface area contributed by atoms with Gasteiger partial charge in [-0.05, 0) is 55.5 Å². The zero-order chi connectivity index (χ0) is 19.9. The molecule has 0 unspecified atom stereocenters. The van der Waals surface area contributed by atoms with Gasteiger partial charge in [0.25, 0.3) is 0 Å². The molecule has 0 aliphatic rings.